The van der Waals surface area contributed by atoms with Crippen molar-refractivity contribution >= 4 is 28.9 Å². The Hall–Kier alpha value is -0.440. The van der Waals surface area contributed by atoms with Crippen LogP contribution < -0.4 is 5.73 Å². The van der Waals surface area contributed by atoms with Crippen LogP contribution in [-0.2, 0) is 6.54 Å². The van der Waals surface area contributed by atoms with Gasteiger partial charge in [-0.2, -0.15) is 0 Å². The molecule has 1 aromatic rings. The summed E-state index contributed by atoms with van der Waals surface area (Å²) in [6, 6.07) is 3.88. The molecule has 0 spiro atoms. The summed E-state index contributed by atoms with van der Waals surface area (Å²) in [6.45, 7) is 7.88. The van der Waals surface area contributed by atoms with Crippen LogP contribution in [0.5, 0.6) is 0 Å². The van der Waals surface area contributed by atoms with Gasteiger partial charge in [-0.25, -0.2) is 0 Å². The van der Waals surface area contributed by atoms with E-state index in [2.05, 4.69) is 18.7 Å². The molecule has 1 saturated heterocycles. The molecule has 112 valence electrons. The van der Waals surface area contributed by atoms with E-state index < -0.39 is 0 Å². The second kappa shape index (κ2) is 7.02. The highest BCUT2D eigenvalue weighted by Crippen LogP contribution is 2.30. The van der Waals surface area contributed by atoms with Crippen LogP contribution in [0.1, 0.15) is 38.7 Å². The Morgan fingerprint density at radius 2 is 1.85 bits per heavy atom. The second-order valence-corrected chi connectivity index (χ2v) is 7.00. The number of hydrogen-bond donors (Lipinski definition) is 1. The normalized spacial score (nSPS) is 21.1. The molecule has 20 heavy (non-hydrogen) atoms. The van der Waals surface area contributed by atoms with Gasteiger partial charge in [-0.1, -0.05) is 37.0 Å². The van der Waals surface area contributed by atoms with E-state index >= 15 is 0 Å². The zero-order chi connectivity index (χ0) is 14.7. The monoisotopic (exact) mass is 314 g/mol. The number of nitrogens with two attached hydrogens (primary N) is 1. The van der Waals surface area contributed by atoms with Crippen LogP contribution in [0, 0.1) is 11.8 Å². The van der Waals surface area contributed by atoms with Gasteiger partial charge in [0, 0.05) is 6.54 Å². The van der Waals surface area contributed by atoms with E-state index in [-0.39, 0.29) is 0 Å². The highest BCUT2D eigenvalue weighted by Gasteiger charge is 2.19. The van der Waals surface area contributed by atoms with Gasteiger partial charge in [0.2, 0.25) is 0 Å². The number of benzene rings is 1. The minimum atomic E-state index is 0.479. The average Bonchev–Trinajstić information content (AvgIpc) is 2.61. The first kappa shape index (κ1) is 15.9. The minimum Gasteiger partial charge on any atom is -0.396 e. The molecule has 0 amide bonds. The van der Waals surface area contributed by atoms with Gasteiger partial charge in [0.15, 0.2) is 0 Å². The topological polar surface area (TPSA) is 29.3 Å². The Labute approximate surface area is 132 Å². The number of hydrogen-bond acceptors (Lipinski definition) is 2. The molecule has 1 unspecified atom stereocenters. The van der Waals surface area contributed by atoms with Crippen LogP contribution in [0.3, 0.4) is 0 Å². The van der Waals surface area contributed by atoms with Crippen molar-refractivity contribution in [1.29, 1.82) is 0 Å². The Morgan fingerprint density at radius 1 is 1.20 bits per heavy atom. The summed E-state index contributed by atoms with van der Waals surface area (Å²) in [7, 11) is 0. The highest BCUT2D eigenvalue weighted by molar-refractivity contribution is 6.38. The Kier molecular flexibility index (Phi) is 5.59. The van der Waals surface area contributed by atoms with E-state index in [0.717, 1.165) is 37.0 Å². The predicted octanol–water partition coefficient (Wildman–Crippen LogP) is 4.83. The fraction of sp³-hybridized carbons (Fsp3) is 0.625. The van der Waals surface area contributed by atoms with E-state index in [1.165, 1.54) is 19.3 Å². The van der Waals surface area contributed by atoms with Crippen molar-refractivity contribution in [3.8, 4) is 0 Å². The van der Waals surface area contributed by atoms with Crippen LogP contribution >= 0.6 is 23.2 Å². The molecule has 1 aliphatic rings. The molecule has 0 aromatic heterocycles. The molecule has 0 radical (unpaired) electrons. The van der Waals surface area contributed by atoms with E-state index in [0.29, 0.717) is 15.7 Å². The van der Waals surface area contributed by atoms with Crippen molar-refractivity contribution in [2.45, 2.75) is 39.7 Å². The van der Waals surface area contributed by atoms with Crippen LogP contribution in [-0.4, -0.2) is 18.0 Å². The van der Waals surface area contributed by atoms with Gasteiger partial charge in [-0.05, 0) is 61.9 Å². The van der Waals surface area contributed by atoms with Crippen molar-refractivity contribution in [2.24, 2.45) is 11.8 Å². The lowest BCUT2D eigenvalue weighted by molar-refractivity contribution is 0.265. The van der Waals surface area contributed by atoms with E-state index in [4.69, 9.17) is 28.9 Å². The number of rotatable bonds is 3. The van der Waals surface area contributed by atoms with Crippen molar-refractivity contribution in [3.63, 3.8) is 0 Å². The third kappa shape index (κ3) is 4.03. The molecule has 1 aromatic carbocycles. The highest BCUT2D eigenvalue weighted by atomic mass is 35.5. The molecule has 0 bridgehead atoms. The summed E-state index contributed by atoms with van der Waals surface area (Å²) in [4.78, 5) is 2.50. The van der Waals surface area contributed by atoms with Crippen LogP contribution in [0.15, 0.2) is 12.1 Å². The minimum absolute atomic E-state index is 0.479. The maximum absolute atomic E-state index is 6.11. The van der Waals surface area contributed by atoms with Gasteiger partial charge in [0.25, 0.3) is 0 Å². The SMILES string of the molecule is CC(C)C1CCCN(Cc2cc(Cl)c(N)c(Cl)c2)CC1. The molecular formula is C16H24Cl2N2. The summed E-state index contributed by atoms with van der Waals surface area (Å²) in [5, 5.41) is 1.12. The van der Waals surface area contributed by atoms with Gasteiger partial charge in [0.1, 0.15) is 0 Å². The lowest BCUT2D eigenvalue weighted by Crippen LogP contribution is -2.24. The zero-order valence-electron chi connectivity index (χ0n) is 12.3. The molecule has 0 saturated carbocycles. The molecule has 2 nitrogen and oxygen atoms in total. The van der Waals surface area contributed by atoms with Gasteiger partial charge < -0.3 is 5.73 Å². The van der Waals surface area contributed by atoms with E-state index in [1.807, 2.05) is 12.1 Å². The number of halogens is 2. The molecule has 1 aliphatic heterocycles. The maximum atomic E-state index is 6.11. The van der Waals surface area contributed by atoms with E-state index in [9.17, 15) is 0 Å². The summed E-state index contributed by atoms with van der Waals surface area (Å²) in [5.74, 6) is 1.65. The van der Waals surface area contributed by atoms with Gasteiger partial charge in [-0.3, -0.25) is 4.90 Å². The second-order valence-electron chi connectivity index (χ2n) is 6.18. The van der Waals surface area contributed by atoms with Crippen LogP contribution in [0.2, 0.25) is 10.0 Å². The Morgan fingerprint density at radius 3 is 2.45 bits per heavy atom. The fourth-order valence-electron chi connectivity index (χ4n) is 2.99. The van der Waals surface area contributed by atoms with Crippen LogP contribution in [0.4, 0.5) is 5.69 Å². The van der Waals surface area contributed by atoms with Gasteiger partial charge in [-0.15, -0.1) is 0 Å². The van der Waals surface area contributed by atoms with Crippen LogP contribution in [0.25, 0.3) is 0 Å². The van der Waals surface area contributed by atoms with Crippen molar-refractivity contribution < 1.29 is 0 Å². The Balaban J connectivity index is 2.00. The zero-order valence-corrected chi connectivity index (χ0v) is 13.8. The maximum Gasteiger partial charge on any atom is 0.0693 e. The number of likely N-dealkylation sites (tertiary alicyclic amines) is 1. The molecular weight excluding hydrogens is 291 g/mol. The van der Waals surface area contributed by atoms with E-state index in [1.54, 1.807) is 0 Å². The molecule has 1 atom stereocenters. The molecule has 4 heteroatoms. The third-order valence-corrected chi connectivity index (χ3v) is 4.98. The lowest BCUT2D eigenvalue weighted by atomic mass is 9.89. The first-order valence-electron chi connectivity index (χ1n) is 7.43. The average molecular weight is 315 g/mol. The first-order valence-corrected chi connectivity index (χ1v) is 8.18. The molecule has 2 rings (SSSR count). The number of nitrogen functional groups attached to an aromatic ring is 1. The van der Waals surface area contributed by atoms with Crippen molar-refractivity contribution in [3.05, 3.63) is 27.7 Å². The number of nitrogens with zero attached hydrogens (tertiary/aromatic N) is 1. The Bertz CT molecular complexity index is 437. The summed E-state index contributed by atoms with van der Waals surface area (Å²) in [5.41, 5.74) is 7.41. The molecule has 2 N–H and O–H groups in total. The quantitative estimate of drug-likeness (QED) is 0.809. The fourth-order valence-corrected chi connectivity index (χ4v) is 3.52. The lowest BCUT2D eigenvalue weighted by Gasteiger charge is -2.21. The standard InChI is InChI=1S/C16H24Cl2N2/c1-11(2)13-4-3-6-20(7-5-13)10-12-8-14(17)16(19)15(18)9-12/h8-9,11,13H,3-7,10,19H2,1-2H3. The molecule has 1 fully saturated rings. The van der Waals surface area contributed by atoms with Crippen molar-refractivity contribution in [1.82, 2.24) is 4.90 Å². The third-order valence-electron chi connectivity index (χ3n) is 4.35. The van der Waals surface area contributed by atoms with Gasteiger partial charge in [0.05, 0.1) is 15.7 Å². The smallest absolute Gasteiger partial charge is 0.0693 e. The first-order chi connectivity index (χ1) is 9.47. The number of anilines is 1. The molecule has 0 aliphatic carbocycles. The summed E-state index contributed by atoms with van der Waals surface area (Å²) < 4.78 is 0. The summed E-state index contributed by atoms with van der Waals surface area (Å²) >= 11 is 12.2. The predicted molar refractivity (Wildman–Crippen MR) is 88.3 cm³/mol. The molecule has 1 heterocycles. The largest absolute Gasteiger partial charge is 0.396 e. The van der Waals surface area contributed by atoms with Gasteiger partial charge >= 0.3 is 0 Å². The van der Waals surface area contributed by atoms with Crippen molar-refractivity contribution in [2.75, 3.05) is 18.8 Å². The summed E-state index contributed by atoms with van der Waals surface area (Å²) in [6.07, 6.45) is 3.91.